The van der Waals surface area contributed by atoms with E-state index in [1.807, 2.05) is 0 Å². The number of nitrogens with two attached hydrogens (primary N) is 1. The minimum absolute atomic E-state index is 0.180. The molecule has 0 spiro atoms. The standard InChI is InChI=1S/C17H28N2/c1-4-17(18)14-5-7-15(8-6-14)19(16-9-10-16)12-11-13(2)3/h5-8,13,16-17H,4,9-12,18H2,1-3H3. The minimum atomic E-state index is 0.180. The lowest BCUT2D eigenvalue weighted by molar-refractivity contribution is 0.570. The molecule has 1 aromatic rings. The number of nitrogens with zero attached hydrogens (tertiary/aromatic N) is 1. The highest BCUT2D eigenvalue weighted by atomic mass is 15.2. The van der Waals surface area contributed by atoms with Crippen molar-refractivity contribution in [1.82, 2.24) is 0 Å². The number of anilines is 1. The highest BCUT2D eigenvalue weighted by molar-refractivity contribution is 5.50. The van der Waals surface area contributed by atoms with E-state index in [1.165, 1.54) is 37.1 Å². The van der Waals surface area contributed by atoms with Crippen LogP contribution in [-0.2, 0) is 0 Å². The average Bonchev–Trinajstić information content (AvgIpc) is 3.23. The molecule has 0 amide bonds. The van der Waals surface area contributed by atoms with Crippen LogP contribution in [0.25, 0.3) is 0 Å². The molecule has 0 radical (unpaired) electrons. The molecule has 106 valence electrons. The van der Waals surface area contributed by atoms with Crippen molar-refractivity contribution in [3.8, 4) is 0 Å². The summed E-state index contributed by atoms with van der Waals surface area (Å²) in [6, 6.07) is 9.87. The van der Waals surface area contributed by atoms with Crippen LogP contribution in [0.3, 0.4) is 0 Å². The highest BCUT2D eigenvalue weighted by Gasteiger charge is 2.29. The van der Waals surface area contributed by atoms with Gasteiger partial charge in [-0.1, -0.05) is 32.9 Å². The van der Waals surface area contributed by atoms with Crippen LogP contribution in [0, 0.1) is 5.92 Å². The second kappa shape index (κ2) is 6.42. The van der Waals surface area contributed by atoms with Gasteiger partial charge in [-0.15, -0.1) is 0 Å². The summed E-state index contributed by atoms with van der Waals surface area (Å²) in [4.78, 5) is 2.58. The van der Waals surface area contributed by atoms with E-state index in [-0.39, 0.29) is 6.04 Å². The summed E-state index contributed by atoms with van der Waals surface area (Å²) in [5.74, 6) is 0.772. The van der Waals surface area contributed by atoms with Gasteiger partial charge in [-0.3, -0.25) is 0 Å². The van der Waals surface area contributed by atoms with Gasteiger partial charge in [0.15, 0.2) is 0 Å². The maximum absolute atomic E-state index is 6.08. The second-order valence-electron chi connectivity index (χ2n) is 6.21. The summed E-state index contributed by atoms with van der Waals surface area (Å²) in [6.45, 7) is 7.92. The van der Waals surface area contributed by atoms with Gasteiger partial charge in [-0.2, -0.15) is 0 Å². The van der Waals surface area contributed by atoms with Crippen molar-refractivity contribution in [3.05, 3.63) is 29.8 Å². The summed E-state index contributed by atoms with van der Waals surface area (Å²) in [7, 11) is 0. The third-order valence-corrected chi connectivity index (χ3v) is 4.03. The minimum Gasteiger partial charge on any atom is -0.369 e. The first kappa shape index (κ1) is 14.4. The molecular weight excluding hydrogens is 232 g/mol. The van der Waals surface area contributed by atoms with E-state index in [4.69, 9.17) is 5.73 Å². The van der Waals surface area contributed by atoms with Gasteiger partial charge >= 0.3 is 0 Å². The average molecular weight is 260 g/mol. The van der Waals surface area contributed by atoms with Gasteiger partial charge in [0.2, 0.25) is 0 Å². The normalized spacial score (nSPS) is 16.7. The monoisotopic (exact) mass is 260 g/mol. The molecule has 1 fully saturated rings. The Kier molecular flexibility index (Phi) is 4.87. The van der Waals surface area contributed by atoms with Crippen LogP contribution in [0.15, 0.2) is 24.3 Å². The third-order valence-electron chi connectivity index (χ3n) is 4.03. The van der Waals surface area contributed by atoms with Gasteiger partial charge in [0.1, 0.15) is 0 Å². The second-order valence-corrected chi connectivity index (χ2v) is 6.21. The van der Waals surface area contributed by atoms with Crippen LogP contribution in [0.5, 0.6) is 0 Å². The summed E-state index contributed by atoms with van der Waals surface area (Å²) < 4.78 is 0. The largest absolute Gasteiger partial charge is 0.369 e. The van der Waals surface area contributed by atoms with E-state index < -0.39 is 0 Å². The topological polar surface area (TPSA) is 29.3 Å². The fraction of sp³-hybridized carbons (Fsp3) is 0.647. The van der Waals surface area contributed by atoms with Crippen molar-refractivity contribution in [2.24, 2.45) is 11.7 Å². The Bertz CT molecular complexity index is 379. The molecule has 1 aliphatic rings. The molecule has 0 heterocycles. The van der Waals surface area contributed by atoms with Crippen molar-refractivity contribution in [3.63, 3.8) is 0 Å². The van der Waals surface area contributed by atoms with Gasteiger partial charge in [0.05, 0.1) is 0 Å². The van der Waals surface area contributed by atoms with Crippen LogP contribution < -0.4 is 10.6 Å². The van der Waals surface area contributed by atoms with Crippen molar-refractivity contribution >= 4 is 5.69 Å². The van der Waals surface area contributed by atoms with Crippen LogP contribution in [-0.4, -0.2) is 12.6 Å². The van der Waals surface area contributed by atoms with Crippen LogP contribution in [0.1, 0.15) is 58.1 Å². The fourth-order valence-corrected chi connectivity index (χ4v) is 2.45. The molecule has 1 aromatic carbocycles. The molecule has 2 nitrogen and oxygen atoms in total. The fourth-order valence-electron chi connectivity index (χ4n) is 2.45. The number of rotatable bonds is 7. The SMILES string of the molecule is CCC(N)c1ccc(N(CCC(C)C)C2CC2)cc1. The predicted octanol–water partition coefficient (Wildman–Crippen LogP) is 4.11. The maximum atomic E-state index is 6.08. The molecular formula is C17H28N2. The molecule has 1 atom stereocenters. The first-order valence-corrected chi connectivity index (χ1v) is 7.74. The third kappa shape index (κ3) is 3.97. The summed E-state index contributed by atoms with van der Waals surface area (Å²) >= 11 is 0. The summed E-state index contributed by atoms with van der Waals surface area (Å²) in [5, 5.41) is 0. The van der Waals surface area contributed by atoms with Crippen molar-refractivity contribution < 1.29 is 0 Å². The van der Waals surface area contributed by atoms with Gasteiger partial charge in [-0.05, 0) is 49.3 Å². The molecule has 0 bridgehead atoms. The molecule has 1 aliphatic carbocycles. The lowest BCUT2D eigenvalue weighted by Crippen LogP contribution is -2.27. The Hall–Kier alpha value is -1.02. The van der Waals surface area contributed by atoms with E-state index >= 15 is 0 Å². The van der Waals surface area contributed by atoms with E-state index in [9.17, 15) is 0 Å². The Labute approximate surface area is 118 Å². The molecule has 1 saturated carbocycles. The van der Waals surface area contributed by atoms with Gasteiger partial charge in [0, 0.05) is 24.3 Å². The van der Waals surface area contributed by atoms with Crippen molar-refractivity contribution in [1.29, 1.82) is 0 Å². The molecule has 19 heavy (non-hydrogen) atoms. The van der Waals surface area contributed by atoms with Gasteiger partial charge in [0.25, 0.3) is 0 Å². The van der Waals surface area contributed by atoms with Crippen LogP contribution in [0.4, 0.5) is 5.69 Å². The van der Waals surface area contributed by atoms with E-state index in [2.05, 4.69) is 49.9 Å². The molecule has 0 aliphatic heterocycles. The molecule has 1 unspecified atom stereocenters. The Morgan fingerprint density at radius 3 is 2.32 bits per heavy atom. The van der Waals surface area contributed by atoms with Crippen LogP contribution >= 0.6 is 0 Å². The van der Waals surface area contributed by atoms with E-state index in [1.54, 1.807) is 0 Å². The smallest absolute Gasteiger partial charge is 0.0368 e. The van der Waals surface area contributed by atoms with Crippen molar-refractivity contribution in [2.45, 2.75) is 58.5 Å². The highest BCUT2D eigenvalue weighted by Crippen LogP contribution is 2.32. The molecule has 2 heteroatoms. The lowest BCUT2D eigenvalue weighted by atomic mass is 10.0. The quantitative estimate of drug-likeness (QED) is 0.799. The number of hydrogen-bond donors (Lipinski definition) is 1. The zero-order valence-corrected chi connectivity index (χ0v) is 12.6. The van der Waals surface area contributed by atoms with Crippen molar-refractivity contribution in [2.75, 3.05) is 11.4 Å². The predicted molar refractivity (Wildman–Crippen MR) is 83.5 cm³/mol. The molecule has 0 saturated heterocycles. The molecule has 0 aromatic heterocycles. The maximum Gasteiger partial charge on any atom is 0.0368 e. The zero-order chi connectivity index (χ0) is 13.8. The lowest BCUT2D eigenvalue weighted by Gasteiger charge is -2.26. The number of benzene rings is 1. The Morgan fingerprint density at radius 2 is 1.84 bits per heavy atom. The first-order valence-electron chi connectivity index (χ1n) is 7.74. The first-order chi connectivity index (χ1) is 9.11. The molecule has 2 N–H and O–H groups in total. The van der Waals surface area contributed by atoms with Gasteiger partial charge < -0.3 is 10.6 Å². The summed E-state index contributed by atoms with van der Waals surface area (Å²) in [6.07, 6.45) is 4.98. The molecule has 2 rings (SSSR count). The Balaban J connectivity index is 2.04. The van der Waals surface area contributed by atoms with Crippen LogP contribution in [0.2, 0.25) is 0 Å². The van der Waals surface area contributed by atoms with E-state index in [0.717, 1.165) is 18.4 Å². The summed E-state index contributed by atoms with van der Waals surface area (Å²) in [5.41, 5.74) is 8.70. The van der Waals surface area contributed by atoms with Gasteiger partial charge in [-0.25, -0.2) is 0 Å². The zero-order valence-electron chi connectivity index (χ0n) is 12.6. The number of hydrogen-bond acceptors (Lipinski definition) is 2. The van der Waals surface area contributed by atoms with E-state index in [0.29, 0.717) is 0 Å². The Morgan fingerprint density at radius 1 is 1.21 bits per heavy atom.